The second kappa shape index (κ2) is 6.19. The Bertz CT molecular complexity index is 903. The van der Waals surface area contributed by atoms with E-state index in [4.69, 9.17) is 17.2 Å². The van der Waals surface area contributed by atoms with E-state index in [0.717, 1.165) is 11.1 Å². The summed E-state index contributed by atoms with van der Waals surface area (Å²) in [5, 5.41) is 2.38. The molecule has 0 spiro atoms. The minimum Gasteiger partial charge on any atom is -0.370 e. The topological polar surface area (TPSA) is 103 Å². The van der Waals surface area contributed by atoms with Gasteiger partial charge < -0.3 is 17.2 Å². The maximum absolute atomic E-state index is 5.69. The maximum Gasteiger partial charge on any atom is 0.223 e. The highest BCUT2D eigenvalue weighted by atomic mass is 15.1. The molecular formula is C18H17N5. The fraction of sp³-hybridized carbons (Fsp3) is 0. The highest BCUT2D eigenvalue weighted by molar-refractivity contribution is 5.97. The van der Waals surface area contributed by atoms with E-state index in [1.165, 1.54) is 10.8 Å². The number of nitrogens with two attached hydrogens (primary N) is 3. The lowest BCUT2D eigenvalue weighted by Crippen LogP contribution is -2.26. The molecule has 3 aromatic rings. The number of hydrogen-bond donors (Lipinski definition) is 3. The molecule has 0 unspecified atom stereocenters. The summed E-state index contributed by atoms with van der Waals surface area (Å²) in [6, 6.07) is 22.3. The summed E-state index contributed by atoms with van der Waals surface area (Å²) in [6.07, 6.45) is 0. The predicted molar refractivity (Wildman–Crippen MR) is 96.5 cm³/mol. The van der Waals surface area contributed by atoms with Gasteiger partial charge in [0, 0.05) is 0 Å². The SMILES string of the molecule is NC(N)=NC(N)=Nc1cccc(-c2cccc3ccccc23)c1. The van der Waals surface area contributed by atoms with Gasteiger partial charge in [-0.25, -0.2) is 4.99 Å². The average molecular weight is 303 g/mol. The van der Waals surface area contributed by atoms with E-state index in [1.807, 2.05) is 42.5 Å². The van der Waals surface area contributed by atoms with Crippen molar-refractivity contribution in [1.29, 1.82) is 0 Å². The molecule has 3 aromatic carbocycles. The van der Waals surface area contributed by atoms with Crippen molar-refractivity contribution in [2.24, 2.45) is 27.2 Å². The Kier molecular flexibility index (Phi) is 3.93. The van der Waals surface area contributed by atoms with E-state index in [1.54, 1.807) is 0 Å². The molecule has 3 rings (SSSR count). The molecule has 0 saturated carbocycles. The summed E-state index contributed by atoms with van der Waals surface area (Å²) in [5.74, 6) is -0.0865. The predicted octanol–water partition coefficient (Wildman–Crippen LogP) is 2.73. The van der Waals surface area contributed by atoms with Gasteiger partial charge in [-0.05, 0) is 34.0 Å². The first-order valence-electron chi connectivity index (χ1n) is 7.15. The zero-order chi connectivity index (χ0) is 16.2. The Morgan fingerprint density at radius 3 is 2.35 bits per heavy atom. The Balaban J connectivity index is 2.07. The first-order valence-corrected chi connectivity index (χ1v) is 7.15. The first kappa shape index (κ1) is 14.6. The van der Waals surface area contributed by atoms with E-state index in [0.29, 0.717) is 5.69 Å². The average Bonchev–Trinajstić information content (AvgIpc) is 2.53. The number of hydrogen-bond acceptors (Lipinski definition) is 1. The smallest absolute Gasteiger partial charge is 0.223 e. The Morgan fingerprint density at radius 2 is 1.52 bits per heavy atom. The van der Waals surface area contributed by atoms with E-state index in [9.17, 15) is 0 Å². The highest BCUT2D eigenvalue weighted by Crippen LogP contribution is 2.30. The van der Waals surface area contributed by atoms with E-state index >= 15 is 0 Å². The molecule has 0 bridgehead atoms. The molecule has 0 aliphatic carbocycles. The summed E-state index contributed by atoms with van der Waals surface area (Å²) in [6.45, 7) is 0. The molecule has 0 aliphatic heterocycles. The number of benzene rings is 3. The second-order valence-corrected chi connectivity index (χ2v) is 5.08. The Hall–Kier alpha value is -3.34. The van der Waals surface area contributed by atoms with E-state index in [-0.39, 0.29) is 11.9 Å². The van der Waals surface area contributed by atoms with Crippen molar-refractivity contribution >= 4 is 28.4 Å². The molecule has 5 nitrogen and oxygen atoms in total. The van der Waals surface area contributed by atoms with Crippen molar-refractivity contribution in [2.75, 3.05) is 0 Å². The number of nitrogens with zero attached hydrogens (tertiary/aromatic N) is 2. The van der Waals surface area contributed by atoms with Crippen LogP contribution in [0.2, 0.25) is 0 Å². The summed E-state index contributed by atoms with van der Waals surface area (Å²) in [4.78, 5) is 7.94. The number of fused-ring (bicyclic) bond motifs is 1. The third-order valence-corrected chi connectivity index (χ3v) is 3.43. The minimum absolute atomic E-state index is 0.0278. The van der Waals surface area contributed by atoms with Crippen LogP contribution in [-0.4, -0.2) is 11.9 Å². The van der Waals surface area contributed by atoms with Crippen LogP contribution in [0.1, 0.15) is 0 Å². The van der Waals surface area contributed by atoms with Gasteiger partial charge in [0.2, 0.25) is 5.96 Å². The molecular weight excluding hydrogens is 286 g/mol. The molecule has 0 heterocycles. The summed E-state index contributed by atoms with van der Waals surface area (Å²) in [7, 11) is 0. The minimum atomic E-state index is -0.114. The van der Waals surface area contributed by atoms with Gasteiger partial charge in [0.25, 0.3) is 0 Å². The molecule has 0 amide bonds. The molecule has 0 fully saturated rings. The summed E-state index contributed by atoms with van der Waals surface area (Å²) >= 11 is 0. The van der Waals surface area contributed by atoms with Crippen LogP contribution in [0.5, 0.6) is 0 Å². The van der Waals surface area contributed by atoms with Crippen molar-refractivity contribution < 1.29 is 0 Å². The van der Waals surface area contributed by atoms with Crippen LogP contribution in [-0.2, 0) is 0 Å². The van der Waals surface area contributed by atoms with E-state index in [2.05, 4.69) is 34.3 Å². The lowest BCUT2D eigenvalue weighted by atomic mass is 9.98. The Labute approximate surface area is 134 Å². The molecule has 0 radical (unpaired) electrons. The lowest BCUT2D eigenvalue weighted by molar-refractivity contribution is 1.38. The fourth-order valence-electron chi connectivity index (χ4n) is 2.51. The van der Waals surface area contributed by atoms with Gasteiger partial charge in [0.05, 0.1) is 5.69 Å². The fourth-order valence-corrected chi connectivity index (χ4v) is 2.51. The van der Waals surface area contributed by atoms with Gasteiger partial charge in [-0.3, -0.25) is 0 Å². The van der Waals surface area contributed by atoms with Gasteiger partial charge in [-0.15, -0.1) is 0 Å². The van der Waals surface area contributed by atoms with Crippen LogP contribution in [0.3, 0.4) is 0 Å². The second-order valence-electron chi connectivity index (χ2n) is 5.08. The maximum atomic E-state index is 5.69. The normalized spacial score (nSPS) is 11.4. The van der Waals surface area contributed by atoms with Crippen LogP contribution in [0.15, 0.2) is 76.7 Å². The Morgan fingerprint density at radius 1 is 0.783 bits per heavy atom. The zero-order valence-electron chi connectivity index (χ0n) is 12.5. The third kappa shape index (κ3) is 3.29. The highest BCUT2D eigenvalue weighted by Gasteiger charge is 2.04. The quantitative estimate of drug-likeness (QED) is 0.501. The van der Waals surface area contributed by atoms with Gasteiger partial charge in [0.1, 0.15) is 0 Å². The molecule has 114 valence electrons. The van der Waals surface area contributed by atoms with Crippen LogP contribution in [0.4, 0.5) is 5.69 Å². The van der Waals surface area contributed by atoms with Crippen LogP contribution >= 0.6 is 0 Å². The van der Waals surface area contributed by atoms with Crippen molar-refractivity contribution in [3.63, 3.8) is 0 Å². The van der Waals surface area contributed by atoms with Gasteiger partial charge >= 0.3 is 0 Å². The molecule has 5 heteroatoms. The van der Waals surface area contributed by atoms with Gasteiger partial charge in [-0.1, -0.05) is 54.6 Å². The number of rotatable bonds is 2. The first-order chi connectivity index (χ1) is 11.1. The van der Waals surface area contributed by atoms with Crippen LogP contribution in [0, 0.1) is 0 Å². The standard InChI is InChI=1S/C18H17N5/c19-17(20)23-18(21)22-14-8-3-7-13(11-14)16-10-4-6-12-5-1-2-9-15(12)16/h1-11H,(H6,19,20,21,22,23). The lowest BCUT2D eigenvalue weighted by Gasteiger charge is -2.07. The summed E-state index contributed by atoms with van der Waals surface area (Å²) in [5.41, 5.74) is 19.2. The van der Waals surface area contributed by atoms with Gasteiger partial charge in [0.15, 0.2) is 5.96 Å². The molecule has 0 saturated heterocycles. The third-order valence-electron chi connectivity index (χ3n) is 3.43. The zero-order valence-corrected chi connectivity index (χ0v) is 12.5. The van der Waals surface area contributed by atoms with Crippen LogP contribution < -0.4 is 17.2 Å². The number of guanidine groups is 2. The van der Waals surface area contributed by atoms with Crippen molar-refractivity contribution in [1.82, 2.24) is 0 Å². The van der Waals surface area contributed by atoms with Gasteiger partial charge in [-0.2, -0.15) is 4.99 Å². The monoisotopic (exact) mass is 303 g/mol. The number of aliphatic imine (C=N–C) groups is 2. The molecule has 0 aliphatic rings. The largest absolute Gasteiger partial charge is 0.370 e. The molecule has 0 aromatic heterocycles. The molecule has 0 atom stereocenters. The summed E-state index contributed by atoms with van der Waals surface area (Å²) < 4.78 is 0. The van der Waals surface area contributed by atoms with Crippen molar-refractivity contribution in [3.05, 3.63) is 66.7 Å². The molecule has 23 heavy (non-hydrogen) atoms. The molecule has 6 N–H and O–H groups in total. The van der Waals surface area contributed by atoms with E-state index < -0.39 is 0 Å². The van der Waals surface area contributed by atoms with Crippen molar-refractivity contribution in [3.8, 4) is 11.1 Å². The van der Waals surface area contributed by atoms with Crippen molar-refractivity contribution in [2.45, 2.75) is 0 Å². The van der Waals surface area contributed by atoms with Crippen LogP contribution in [0.25, 0.3) is 21.9 Å².